The van der Waals surface area contributed by atoms with Crippen LogP contribution in [0.15, 0.2) is 17.5 Å². The van der Waals surface area contributed by atoms with E-state index in [9.17, 15) is 22.8 Å². The normalized spacial score (nSPS) is 23.7. The molecule has 0 aromatic carbocycles. The molecule has 7 nitrogen and oxygen atoms in total. The highest BCUT2D eigenvalue weighted by Crippen LogP contribution is 2.44. The van der Waals surface area contributed by atoms with Gasteiger partial charge in [-0.25, -0.2) is 4.79 Å². The Kier molecular flexibility index (Phi) is 8.69. The van der Waals surface area contributed by atoms with Crippen molar-refractivity contribution in [3.63, 3.8) is 0 Å². The number of carboxylic acids is 1. The summed E-state index contributed by atoms with van der Waals surface area (Å²) >= 11 is 1.48. The molecule has 11 heteroatoms. The van der Waals surface area contributed by atoms with Crippen LogP contribution in [0.3, 0.4) is 0 Å². The Balaban J connectivity index is 0.000000451. The zero-order chi connectivity index (χ0) is 24.1. The Morgan fingerprint density at radius 2 is 1.97 bits per heavy atom. The molecule has 32 heavy (non-hydrogen) atoms. The molecule has 2 aliphatic heterocycles. The molecule has 2 aliphatic rings. The number of nitrogens with zero attached hydrogens (tertiary/aromatic N) is 2. The molecule has 0 radical (unpaired) electrons. The molecule has 1 amide bonds. The van der Waals surface area contributed by atoms with Crippen LogP contribution in [0.25, 0.3) is 0 Å². The average molecular weight is 479 g/mol. The van der Waals surface area contributed by atoms with E-state index in [0.717, 1.165) is 37.4 Å². The van der Waals surface area contributed by atoms with Gasteiger partial charge in [0, 0.05) is 38.1 Å². The van der Waals surface area contributed by atoms with E-state index in [4.69, 9.17) is 14.6 Å². The van der Waals surface area contributed by atoms with Crippen LogP contribution < -0.4 is 0 Å². The van der Waals surface area contributed by atoms with Crippen molar-refractivity contribution in [3.05, 3.63) is 22.4 Å². The number of thiophene rings is 1. The Hall–Kier alpha value is -2.14. The number of rotatable bonds is 4. The second-order valence-corrected chi connectivity index (χ2v) is 9.18. The molecule has 2 atom stereocenters. The largest absolute Gasteiger partial charge is 0.490 e. The first-order valence-electron chi connectivity index (χ1n) is 10.5. The van der Waals surface area contributed by atoms with Gasteiger partial charge in [0.25, 0.3) is 5.91 Å². The molecule has 3 rings (SSSR count). The van der Waals surface area contributed by atoms with Crippen molar-refractivity contribution in [3.8, 4) is 0 Å². The van der Waals surface area contributed by atoms with Crippen LogP contribution in [-0.4, -0.2) is 77.8 Å². The van der Waals surface area contributed by atoms with Gasteiger partial charge in [-0.1, -0.05) is 6.07 Å². The maximum absolute atomic E-state index is 12.9. The topological polar surface area (TPSA) is 87.2 Å². The maximum atomic E-state index is 12.9. The molecule has 1 aromatic rings. The summed E-state index contributed by atoms with van der Waals surface area (Å²) in [5.74, 6) is -2.60. The number of halogens is 3. The minimum atomic E-state index is -5.08. The van der Waals surface area contributed by atoms with Crippen LogP contribution in [0, 0.1) is 11.3 Å². The lowest BCUT2D eigenvalue weighted by atomic mass is 9.75. The van der Waals surface area contributed by atoms with Gasteiger partial charge in [-0.3, -0.25) is 14.5 Å². The van der Waals surface area contributed by atoms with E-state index in [1.54, 1.807) is 0 Å². The zero-order valence-corrected chi connectivity index (χ0v) is 19.2. The first kappa shape index (κ1) is 26.1. The van der Waals surface area contributed by atoms with Gasteiger partial charge in [-0.05, 0) is 45.1 Å². The lowest BCUT2D eigenvalue weighted by molar-refractivity contribution is -0.192. The smallest absolute Gasteiger partial charge is 0.475 e. The van der Waals surface area contributed by atoms with Gasteiger partial charge in [0.15, 0.2) is 0 Å². The number of carboxylic acid groups (broad SMARTS) is 1. The zero-order valence-electron chi connectivity index (χ0n) is 18.4. The number of alkyl halides is 3. The van der Waals surface area contributed by atoms with Gasteiger partial charge >= 0.3 is 18.1 Å². The van der Waals surface area contributed by atoms with Crippen molar-refractivity contribution in [1.29, 1.82) is 0 Å². The lowest BCUT2D eigenvalue weighted by Crippen LogP contribution is -2.43. The predicted octanol–water partition coefficient (Wildman–Crippen LogP) is 3.51. The van der Waals surface area contributed by atoms with E-state index >= 15 is 0 Å². The number of carbonyl (C=O) groups is 3. The molecule has 1 N–H and O–H groups in total. The predicted molar refractivity (Wildman–Crippen MR) is 112 cm³/mol. The van der Waals surface area contributed by atoms with Crippen molar-refractivity contribution >= 4 is 29.2 Å². The minimum absolute atomic E-state index is 0.0754. The van der Waals surface area contributed by atoms with Gasteiger partial charge in [-0.2, -0.15) is 13.2 Å². The quantitative estimate of drug-likeness (QED) is 0.667. The third kappa shape index (κ3) is 6.00. The van der Waals surface area contributed by atoms with Crippen molar-refractivity contribution in [2.75, 3.05) is 32.8 Å². The van der Waals surface area contributed by atoms with Gasteiger partial charge in [0.1, 0.15) is 0 Å². The molecule has 180 valence electrons. The van der Waals surface area contributed by atoms with Crippen molar-refractivity contribution in [2.24, 2.45) is 11.3 Å². The molecule has 2 saturated heterocycles. The number of aliphatic carboxylic acids is 1. The molecule has 0 bridgehead atoms. The number of hydrogen-bond donors (Lipinski definition) is 1. The summed E-state index contributed by atoms with van der Waals surface area (Å²) < 4.78 is 37.2. The number of hydrogen-bond acceptors (Lipinski definition) is 6. The van der Waals surface area contributed by atoms with Gasteiger partial charge in [0.05, 0.1) is 16.9 Å². The second kappa shape index (κ2) is 10.7. The molecular weight excluding hydrogens is 449 g/mol. The van der Waals surface area contributed by atoms with Crippen LogP contribution in [0.4, 0.5) is 13.2 Å². The molecule has 0 aliphatic carbocycles. The average Bonchev–Trinajstić information content (AvgIpc) is 3.33. The number of likely N-dealkylation sites (tertiary alicyclic amines) is 2. The van der Waals surface area contributed by atoms with Crippen LogP contribution in [-0.2, 0) is 14.3 Å². The summed E-state index contributed by atoms with van der Waals surface area (Å²) in [5, 5.41) is 9.06. The van der Waals surface area contributed by atoms with E-state index in [-0.39, 0.29) is 17.8 Å². The molecule has 3 heterocycles. The van der Waals surface area contributed by atoms with Crippen LogP contribution in [0.1, 0.15) is 43.3 Å². The highest BCUT2D eigenvalue weighted by atomic mass is 32.1. The summed E-state index contributed by atoms with van der Waals surface area (Å²) in [6, 6.07) is 4.18. The van der Waals surface area contributed by atoms with Gasteiger partial charge in [0.2, 0.25) is 0 Å². The fraction of sp³-hybridized carbons (Fsp3) is 0.667. The van der Waals surface area contributed by atoms with Crippen molar-refractivity contribution < 1.29 is 37.4 Å². The summed E-state index contributed by atoms with van der Waals surface area (Å²) in [4.78, 5) is 39.7. The summed E-state index contributed by atoms with van der Waals surface area (Å²) in [6.45, 7) is 9.56. The minimum Gasteiger partial charge on any atom is -0.475 e. The lowest BCUT2D eigenvalue weighted by Gasteiger charge is -2.31. The molecule has 2 fully saturated rings. The Morgan fingerprint density at radius 1 is 1.31 bits per heavy atom. The van der Waals surface area contributed by atoms with Gasteiger partial charge in [-0.15, -0.1) is 11.3 Å². The number of ether oxygens (including phenoxy) is 1. The Bertz CT molecular complexity index is 800. The highest BCUT2D eigenvalue weighted by molar-refractivity contribution is 7.12. The number of carbonyl (C=O) groups excluding carboxylic acids is 2. The number of esters is 1. The molecule has 0 saturated carbocycles. The Morgan fingerprint density at radius 3 is 2.47 bits per heavy atom. The summed E-state index contributed by atoms with van der Waals surface area (Å²) in [7, 11) is 0. The van der Waals surface area contributed by atoms with Crippen molar-refractivity contribution in [1.82, 2.24) is 9.80 Å². The molecule has 0 spiro atoms. The SMILES string of the molecule is CCOC(=O)[C@]12CCCN(C(=O)c3cccs3)C[C@H]1CN(C(C)C)C2.O=C(O)C(F)(F)F. The monoisotopic (exact) mass is 478 g/mol. The molecular formula is C21H29F3N2O5S. The van der Waals surface area contributed by atoms with E-state index in [1.165, 1.54) is 11.3 Å². The fourth-order valence-electron chi connectivity index (χ4n) is 4.21. The first-order chi connectivity index (χ1) is 14.9. The van der Waals surface area contributed by atoms with Crippen LogP contribution >= 0.6 is 11.3 Å². The summed E-state index contributed by atoms with van der Waals surface area (Å²) in [6.07, 6.45) is -3.44. The third-order valence-corrected chi connectivity index (χ3v) is 6.75. The van der Waals surface area contributed by atoms with Crippen LogP contribution in [0.2, 0.25) is 0 Å². The van der Waals surface area contributed by atoms with Gasteiger partial charge < -0.3 is 14.7 Å². The maximum Gasteiger partial charge on any atom is 0.490 e. The van der Waals surface area contributed by atoms with E-state index in [1.807, 2.05) is 29.3 Å². The van der Waals surface area contributed by atoms with E-state index < -0.39 is 17.6 Å². The second-order valence-electron chi connectivity index (χ2n) is 8.23. The summed E-state index contributed by atoms with van der Waals surface area (Å²) in [5.41, 5.74) is -0.468. The molecule has 1 aromatic heterocycles. The standard InChI is InChI=1S/C19H28N2O3S.C2HF3O2/c1-4-24-18(23)19-8-6-9-20(17(22)16-7-5-10-25-16)11-15(19)12-21(13-19)14(2)3;3-2(4,5)1(6)7/h5,7,10,14-15H,4,6,8-9,11-13H2,1-3H3;(H,6,7)/t15-,19-;/m0./s1. The number of amides is 1. The number of fused-ring (bicyclic) bond motifs is 1. The van der Waals surface area contributed by atoms with E-state index in [0.29, 0.717) is 19.2 Å². The molecule has 0 unspecified atom stereocenters. The fourth-order valence-corrected chi connectivity index (χ4v) is 4.91. The third-order valence-electron chi connectivity index (χ3n) is 5.89. The van der Waals surface area contributed by atoms with Crippen molar-refractivity contribution in [2.45, 2.75) is 45.8 Å². The Labute approximate surface area is 189 Å². The highest BCUT2D eigenvalue weighted by Gasteiger charge is 2.54. The van der Waals surface area contributed by atoms with E-state index in [2.05, 4.69) is 18.7 Å². The van der Waals surface area contributed by atoms with Crippen LogP contribution in [0.5, 0.6) is 0 Å². The first-order valence-corrected chi connectivity index (χ1v) is 11.3.